The first kappa shape index (κ1) is 13.9. The number of fused-ring (bicyclic) bond motifs is 1. The molecular formula is C15H22ClNO. The minimum Gasteiger partial charge on any atom is -0.371 e. The van der Waals surface area contributed by atoms with Crippen LogP contribution in [0.1, 0.15) is 36.5 Å². The van der Waals surface area contributed by atoms with Crippen molar-refractivity contribution in [1.82, 2.24) is 4.90 Å². The largest absolute Gasteiger partial charge is 0.371 e. The van der Waals surface area contributed by atoms with E-state index in [4.69, 9.17) is 4.74 Å². The molecule has 0 saturated carbocycles. The summed E-state index contributed by atoms with van der Waals surface area (Å²) in [4.78, 5) is 2.62. The summed E-state index contributed by atoms with van der Waals surface area (Å²) in [5.74, 6) is 0. The number of piperidine rings is 1. The van der Waals surface area contributed by atoms with Gasteiger partial charge in [0.15, 0.2) is 0 Å². The van der Waals surface area contributed by atoms with Crippen LogP contribution >= 0.6 is 12.4 Å². The summed E-state index contributed by atoms with van der Waals surface area (Å²) in [5, 5.41) is 0. The predicted molar refractivity (Wildman–Crippen MR) is 76.3 cm³/mol. The standard InChI is InChI=1S/C15H21NO.ClH/c1-12-5-7-13(8-6-12)15-10-16-9-3-2-4-14(16)11-17-15;/h5-8,14-15H,2-4,9-11H2,1H3;1H. The van der Waals surface area contributed by atoms with Gasteiger partial charge in [0.1, 0.15) is 0 Å². The Morgan fingerprint density at radius 1 is 1.17 bits per heavy atom. The molecule has 18 heavy (non-hydrogen) atoms. The van der Waals surface area contributed by atoms with Gasteiger partial charge in [-0.25, -0.2) is 0 Å². The molecule has 3 rings (SSSR count). The van der Waals surface area contributed by atoms with Crippen molar-refractivity contribution in [3.05, 3.63) is 35.4 Å². The van der Waals surface area contributed by atoms with E-state index in [-0.39, 0.29) is 18.5 Å². The highest BCUT2D eigenvalue weighted by Crippen LogP contribution is 2.29. The highest BCUT2D eigenvalue weighted by molar-refractivity contribution is 5.85. The molecule has 0 aromatic heterocycles. The maximum atomic E-state index is 6.03. The molecular weight excluding hydrogens is 246 g/mol. The molecule has 2 aliphatic heterocycles. The molecule has 2 atom stereocenters. The molecule has 2 aliphatic rings. The van der Waals surface area contributed by atoms with Crippen LogP contribution in [-0.4, -0.2) is 30.6 Å². The summed E-state index contributed by atoms with van der Waals surface area (Å²) in [6.45, 7) is 5.38. The lowest BCUT2D eigenvalue weighted by atomic mass is 9.98. The molecule has 0 N–H and O–H groups in total. The molecule has 1 aromatic rings. The zero-order valence-corrected chi connectivity index (χ0v) is 11.8. The average Bonchev–Trinajstić information content (AvgIpc) is 2.39. The third kappa shape index (κ3) is 2.87. The van der Waals surface area contributed by atoms with E-state index in [1.807, 2.05) is 0 Å². The van der Waals surface area contributed by atoms with Crippen molar-refractivity contribution in [1.29, 1.82) is 0 Å². The second kappa shape index (κ2) is 6.05. The first-order chi connectivity index (χ1) is 8.33. The lowest BCUT2D eigenvalue weighted by Crippen LogP contribution is -2.48. The fourth-order valence-corrected chi connectivity index (χ4v) is 2.96. The van der Waals surface area contributed by atoms with Crippen LogP contribution in [0.15, 0.2) is 24.3 Å². The van der Waals surface area contributed by atoms with Crippen molar-refractivity contribution >= 4 is 12.4 Å². The summed E-state index contributed by atoms with van der Waals surface area (Å²) < 4.78 is 6.03. The zero-order chi connectivity index (χ0) is 11.7. The third-order valence-electron chi connectivity index (χ3n) is 4.09. The van der Waals surface area contributed by atoms with Gasteiger partial charge in [0.25, 0.3) is 0 Å². The van der Waals surface area contributed by atoms with E-state index in [9.17, 15) is 0 Å². The lowest BCUT2D eigenvalue weighted by Gasteiger charge is -2.42. The molecule has 2 saturated heterocycles. The van der Waals surface area contributed by atoms with Crippen LogP contribution in [0.3, 0.4) is 0 Å². The third-order valence-corrected chi connectivity index (χ3v) is 4.09. The van der Waals surface area contributed by atoms with Crippen LogP contribution in [0.4, 0.5) is 0 Å². The SMILES string of the molecule is Cc1ccc(C2CN3CCCCC3CO2)cc1.Cl. The number of hydrogen-bond acceptors (Lipinski definition) is 2. The summed E-state index contributed by atoms with van der Waals surface area (Å²) in [5.41, 5.74) is 2.65. The predicted octanol–water partition coefficient (Wildman–Crippen LogP) is 3.34. The quantitative estimate of drug-likeness (QED) is 0.774. The highest BCUT2D eigenvalue weighted by atomic mass is 35.5. The van der Waals surface area contributed by atoms with Gasteiger partial charge in [-0.2, -0.15) is 0 Å². The first-order valence-electron chi connectivity index (χ1n) is 6.75. The minimum atomic E-state index is 0. The van der Waals surface area contributed by atoms with Crippen molar-refractivity contribution in [2.24, 2.45) is 0 Å². The van der Waals surface area contributed by atoms with Gasteiger partial charge in [-0.15, -0.1) is 12.4 Å². The normalized spacial score (nSPS) is 28.3. The number of hydrogen-bond donors (Lipinski definition) is 0. The molecule has 0 spiro atoms. The average molecular weight is 268 g/mol. The smallest absolute Gasteiger partial charge is 0.0952 e. The Hall–Kier alpha value is -0.570. The van der Waals surface area contributed by atoms with Crippen molar-refractivity contribution < 1.29 is 4.74 Å². The molecule has 0 amide bonds. The minimum absolute atomic E-state index is 0. The van der Waals surface area contributed by atoms with Crippen molar-refractivity contribution in [2.75, 3.05) is 19.7 Å². The molecule has 1 aromatic carbocycles. The van der Waals surface area contributed by atoms with Gasteiger partial charge in [-0.3, -0.25) is 4.90 Å². The van der Waals surface area contributed by atoms with Crippen LogP contribution in [0.2, 0.25) is 0 Å². The van der Waals surface area contributed by atoms with E-state index in [0.29, 0.717) is 6.04 Å². The van der Waals surface area contributed by atoms with Crippen molar-refractivity contribution in [2.45, 2.75) is 38.3 Å². The van der Waals surface area contributed by atoms with Gasteiger partial charge in [0, 0.05) is 12.6 Å². The van der Waals surface area contributed by atoms with E-state index in [0.717, 1.165) is 13.2 Å². The van der Waals surface area contributed by atoms with Gasteiger partial charge in [-0.05, 0) is 31.9 Å². The summed E-state index contributed by atoms with van der Waals surface area (Å²) in [6, 6.07) is 9.47. The highest BCUT2D eigenvalue weighted by Gasteiger charge is 2.31. The molecule has 0 aliphatic carbocycles. The molecule has 0 bridgehead atoms. The Morgan fingerprint density at radius 2 is 1.94 bits per heavy atom. The van der Waals surface area contributed by atoms with E-state index in [1.165, 1.54) is 36.9 Å². The molecule has 2 fully saturated rings. The summed E-state index contributed by atoms with van der Waals surface area (Å²) in [6.07, 6.45) is 4.34. The molecule has 0 radical (unpaired) electrons. The molecule has 2 nitrogen and oxygen atoms in total. The number of morpholine rings is 1. The Balaban J connectivity index is 0.00000120. The Labute approximate surface area is 116 Å². The van der Waals surface area contributed by atoms with E-state index in [1.54, 1.807) is 0 Å². The summed E-state index contributed by atoms with van der Waals surface area (Å²) in [7, 11) is 0. The second-order valence-corrected chi connectivity index (χ2v) is 5.38. The van der Waals surface area contributed by atoms with E-state index < -0.39 is 0 Å². The maximum Gasteiger partial charge on any atom is 0.0952 e. The van der Waals surface area contributed by atoms with Gasteiger partial charge in [0.2, 0.25) is 0 Å². The van der Waals surface area contributed by atoms with Gasteiger partial charge >= 0.3 is 0 Å². The number of rotatable bonds is 1. The van der Waals surface area contributed by atoms with E-state index >= 15 is 0 Å². The number of benzene rings is 1. The maximum absolute atomic E-state index is 6.03. The molecule has 2 heterocycles. The zero-order valence-electron chi connectivity index (χ0n) is 11.0. The number of aryl methyl sites for hydroxylation is 1. The van der Waals surface area contributed by atoms with Crippen LogP contribution in [0, 0.1) is 6.92 Å². The first-order valence-corrected chi connectivity index (χ1v) is 6.75. The Morgan fingerprint density at radius 3 is 2.72 bits per heavy atom. The number of halogens is 1. The summed E-state index contributed by atoms with van der Waals surface area (Å²) >= 11 is 0. The monoisotopic (exact) mass is 267 g/mol. The fourth-order valence-electron chi connectivity index (χ4n) is 2.96. The second-order valence-electron chi connectivity index (χ2n) is 5.38. The molecule has 2 unspecified atom stereocenters. The Kier molecular flexibility index (Phi) is 4.66. The van der Waals surface area contributed by atoms with Gasteiger partial charge in [-0.1, -0.05) is 36.2 Å². The van der Waals surface area contributed by atoms with Crippen LogP contribution in [0.5, 0.6) is 0 Å². The molecule has 100 valence electrons. The number of nitrogens with zero attached hydrogens (tertiary/aromatic N) is 1. The van der Waals surface area contributed by atoms with Crippen LogP contribution < -0.4 is 0 Å². The van der Waals surface area contributed by atoms with Crippen LogP contribution in [-0.2, 0) is 4.74 Å². The fraction of sp³-hybridized carbons (Fsp3) is 0.600. The van der Waals surface area contributed by atoms with Crippen LogP contribution in [0.25, 0.3) is 0 Å². The topological polar surface area (TPSA) is 12.5 Å². The number of ether oxygens (including phenoxy) is 1. The van der Waals surface area contributed by atoms with Gasteiger partial charge < -0.3 is 4.74 Å². The molecule has 3 heteroatoms. The van der Waals surface area contributed by atoms with Crippen molar-refractivity contribution in [3.8, 4) is 0 Å². The lowest BCUT2D eigenvalue weighted by molar-refractivity contribution is -0.0766. The Bertz CT molecular complexity index is 379. The van der Waals surface area contributed by atoms with E-state index in [2.05, 4.69) is 36.1 Å². The van der Waals surface area contributed by atoms with Gasteiger partial charge in [0.05, 0.1) is 12.7 Å². The van der Waals surface area contributed by atoms with Crippen molar-refractivity contribution in [3.63, 3.8) is 0 Å².